The van der Waals surface area contributed by atoms with Gasteiger partial charge in [0.15, 0.2) is 6.61 Å². The average molecular weight is 397 g/mol. The maximum absolute atomic E-state index is 13.0. The monoisotopic (exact) mass is 396 g/mol. The van der Waals surface area contributed by atoms with Gasteiger partial charge < -0.3 is 15.0 Å². The minimum Gasteiger partial charge on any atom is -0.484 e. The van der Waals surface area contributed by atoms with Crippen molar-refractivity contribution < 1.29 is 14.3 Å². The Labute approximate surface area is 174 Å². The van der Waals surface area contributed by atoms with Crippen LogP contribution in [0.2, 0.25) is 0 Å². The largest absolute Gasteiger partial charge is 0.484 e. The van der Waals surface area contributed by atoms with Gasteiger partial charge in [-0.05, 0) is 43.9 Å². The summed E-state index contributed by atoms with van der Waals surface area (Å²) in [5.74, 6) is 0.363. The van der Waals surface area contributed by atoms with E-state index in [4.69, 9.17) is 4.74 Å². The van der Waals surface area contributed by atoms with Crippen molar-refractivity contribution in [1.29, 1.82) is 0 Å². The van der Waals surface area contributed by atoms with Crippen LogP contribution in [-0.2, 0) is 16.0 Å². The number of hydrogen-bond donors (Lipinski definition) is 1. The van der Waals surface area contributed by atoms with Crippen LogP contribution in [0, 0.1) is 6.92 Å². The normalized spacial score (nSPS) is 11.6. The Morgan fingerprint density at radius 1 is 1.03 bits per heavy atom. The van der Waals surface area contributed by atoms with Crippen LogP contribution < -0.4 is 10.1 Å². The number of carbonyl (C=O) groups excluding carboxylic acids is 2. The molecule has 0 aliphatic heterocycles. The zero-order valence-electron chi connectivity index (χ0n) is 17.7. The highest BCUT2D eigenvalue weighted by atomic mass is 16.5. The van der Waals surface area contributed by atoms with Gasteiger partial charge in [0.1, 0.15) is 11.8 Å². The molecule has 0 aromatic heterocycles. The highest BCUT2D eigenvalue weighted by molar-refractivity contribution is 5.88. The molecule has 0 saturated carbocycles. The van der Waals surface area contributed by atoms with Gasteiger partial charge in [0.25, 0.3) is 5.91 Å². The number of nitrogens with one attached hydrogen (secondary N) is 1. The van der Waals surface area contributed by atoms with Crippen LogP contribution >= 0.6 is 0 Å². The molecule has 2 amide bonds. The van der Waals surface area contributed by atoms with Crippen molar-refractivity contribution in [3.63, 3.8) is 0 Å². The number of nitrogens with zero attached hydrogens (tertiary/aromatic N) is 1. The molecular formula is C24H32N2O3. The van der Waals surface area contributed by atoms with E-state index < -0.39 is 6.04 Å². The Morgan fingerprint density at radius 3 is 2.34 bits per heavy atom. The van der Waals surface area contributed by atoms with E-state index >= 15 is 0 Å². The van der Waals surface area contributed by atoms with Gasteiger partial charge in [-0.15, -0.1) is 0 Å². The predicted octanol–water partition coefficient (Wildman–Crippen LogP) is 3.75. The third-order valence-electron chi connectivity index (χ3n) is 4.80. The first-order chi connectivity index (χ1) is 14.0. The molecule has 29 heavy (non-hydrogen) atoms. The summed E-state index contributed by atoms with van der Waals surface area (Å²) < 4.78 is 5.69. The second kappa shape index (κ2) is 11.9. The van der Waals surface area contributed by atoms with E-state index in [2.05, 4.69) is 5.32 Å². The van der Waals surface area contributed by atoms with Gasteiger partial charge in [0.2, 0.25) is 5.91 Å². The fraction of sp³-hybridized carbons (Fsp3) is 0.417. The number of ether oxygens (including phenoxy) is 1. The summed E-state index contributed by atoms with van der Waals surface area (Å²) in [6, 6.07) is 17.1. The molecule has 5 nitrogen and oxygen atoms in total. The van der Waals surface area contributed by atoms with Gasteiger partial charge in [-0.1, -0.05) is 61.9 Å². The molecule has 0 aliphatic carbocycles. The quantitative estimate of drug-likeness (QED) is 0.629. The van der Waals surface area contributed by atoms with Crippen LogP contribution in [-0.4, -0.2) is 42.5 Å². The molecule has 0 fully saturated rings. The lowest BCUT2D eigenvalue weighted by atomic mass is 10.1. The van der Waals surface area contributed by atoms with E-state index in [1.165, 1.54) is 0 Å². The van der Waals surface area contributed by atoms with Gasteiger partial charge in [0, 0.05) is 13.1 Å². The topological polar surface area (TPSA) is 58.6 Å². The Hall–Kier alpha value is -2.82. The summed E-state index contributed by atoms with van der Waals surface area (Å²) in [5.41, 5.74) is 2.26. The first kappa shape index (κ1) is 22.5. The first-order valence-corrected chi connectivity index (χ1v) is 10.4. The SMILES string of the molecule is CCCNC(=O)C(CC)N(CCc1ccccc1)C(=O)COc1ccc(C)cc1. The zero-order valence-corrected chi connectivity index (χ0v) is 17.7. The van der Waals surface area contributed by atoms with Crippen LogP contribution in [0.25, 0.3) is 0 Å². The van der Waals surface area contributed by atoms with Crippen molar-refractivity contribution in [2.45, 2.75) is 46.1 Å². The number of aryl methyl sites for hydroxylation is 1. The smallest absolute Gasteiger partial charge is 0.261 e. The van der Waals surface area contributed by atoms with Crippen molar-refractivity contribution in [3.05, 3.63) is 65.7 Å². The number of hydrogen-bond acceptors (Lipinski definition) is 3. The molecule has 156 valence electrons. The lowest BCUT2D eigenvalue weighted by molar-refractivity contribution is -0.142. The maximum Gasteiger partial charge on any atom is 0.261 e. The minimum atomic E-state index is -0.501. The third-order valence-corrected chi connectivity index (χ3v) is 4.80. The molecule has 0 heterocycles. The van der Waals surface area contributed by atoms with Crippen molar-refractivity contribution in [3.8, 4) is 5.75 Å². The molecule has 0 saturated heterocycles. The summed E-state index contributed by atoms with van der Waals surface area (Å²) in [5, 5.41) is 2.92. The van der Waals surface area contributed by atoms with Crippen molar-refractivity contribution in [2.24, 2.45) is 0 Å². The number of carbonyl (C=O) groups is 2. The Kier molecular flexibility index (Phi) is 9.22. The summed E-state index contributed by atoms with van der Waals surface area (Å²) in [7, 11) is 0. The Bertz CT molecular complexity index is 759. The fourth-order valence-electron chi connectivity index (χ4n) is 3.12. The maximum atomic E-state index is 13.0. The van der Waals surface area contributed by atoms with Crippen LogP contribution in [0.15, 0.2) is 54.6 Å². The minimum absolute atomic E-state index is 0.0879. The van der Waals surface area contributed by atoms with Gasteiger partial charge in [0.05, 0.1) is 0 Å². The highest BCUT2D eigenvalue weighted by Gasteiger charge is 2.28. The molecule has 1 unspecified atom stereocenters. The zero-order chi connectivity index (χ0) is 21.1. The first-order valence-electron chi connectivity index (χ1n) is 10.4. The molecule has 2 aromatic carbocycles. The number of rotatable bonds is 11. The fourth-order valence-corrected chi connectivity index (χ4v) is 3.12. The van der Waals surface area contributed by atoms with E-state index in [1.54, 1.807) is 4.90 Å². The Morgan fingerprint density at radius 2 is 1.72 bits per heavy atom. The third kappa shape index (κ3) is 7.26. The van der Waals surface area contributed by atoms with Gasteiger partial charge in [-0.2, -0.15) is 0 Å². The molecule has 2 aromatic rings. The van der Waals surface area contributed by atoms with Gasteiger partial charge in [-0.25, -0.2) is 0 Å². The Balaban J connectivity index is 2.09. The van der Waals surface area contributed by atoms with Crippen LogP contribution in [0.5, 0.6) is 5.75 Å². The van der Waals surface area contributed by atoms with Crippen LogP contribution in [0.1, 0.15) is 37.8 Å². The molecule has 0 aliphatic rings. The molecule has 2 rings (SSSR count). The van der Waals surface area contributed by atoms with E-state index in [9.17, 15) is 9.59 Å². The van der Waals surface area contributed by atoms with E-state index in [-0.39, 0.29) is 18.4 Å². The number of benzene rings is 2. The number of amides is 2. The van der Waals surface area contributed by atoms with Gasteiger partial charge >= 0.3 is 0 Å². The van der Waals surface area contributed by atoms with Crippen LogP contribution in [0.3, 0.4) is 0 Å². The molecule has 0 radical (unpaired) electrons. The van der Waals surface area contributed by atoms with E-state index in [0.29, 0.717) is 31.7 Å². The second-order valence-corrected chi connectivity index (χ2v) is 7.14. The summed E-state index contributed by atoms with van der Waals surface area (Å²) in [4.78, 5) is 27.3. The van der Waals surface area contributed by atoms with Gasteiger partial charge in [-0.3, -0.25) is 9.59 Å². The predicted molar refractivity (Wildman–Crippen MR) is 116 cm³/mol. The summed E-state index contributed by atoms with van der Waals surface area (Å²) >= 11 is 0. The van der Waals surface area contributed by atoms with Crippen molar-refractivity contribution in [1.82, 2.24) is 10.2 Å². The van der Waals surface area contributed by atoms with E-state index in [1.807, 2.05) is 75.4 Å². The molecule has 0 bridgehead atoms. The summed E-state index contributed by atoms with van der Waals surface area (Å²) in [6.45, 7) is 6.93. The standard InChI is InChI=1S/C24H32N2O3/c1-4-16-25-24(28)22(5-2)26(17-15-20-9-7-6-8-10-20)23(27)18-29-21-13-11-19(3)12-14-21/h6-14,22H,4-5,15-18H2,1-3H3,(H,25,28). The molecule has 0 spiro atoms. The van der Waals surface area contributed by atoms with E-state index in [0.717, 1.165) is 17.5 Å². The average Bonchev–Trinajstić information content (AvgIpc) is 2.75. The lowest BCUT2D eigenvalue weighted by Crippen LogP contribution is -2.51. The molecular weight excluding hydrogens is 364 g/mol. The van der Waals surface area contributed by atoms with Crippen molar-refractivity contribution >= 4 is 11.8 Å². The summed E-state index contributed by atoms with van der Waals surface area (Å²) in [6.07, 6.45) is 2.10. The lowest BCUT2D eigenvalue weighted by Gasteiger charge is -2.30. The van der Waals surface area contributed by atoms with Crippen LogP contribution in [0.4, 0.5) is 0 Å². The highest BCUT2D eigenvalue weighted by Crippen LogP contribution is 2.13. The van der Waals surface area contributed by atoms with Crippen molar-refractivity contribution in [2.75, 3.05) is 19.7 Å². The molecule has 1 N–H and O–H groups in total. The molecule has 1 atom stereocenters. The molecule has 5 heteroatoms. The second-order valence-electron chi connectivity index (χ2n) is 7.14.